The van der Waals surface area contributed by atoms with Crippen molar-refractivity contribution < 1.29 is 9.90 Å². The molecule has 0 saturated carbocycles. The lowest BCUT2D eigenvalue weighted by Crippen LogP contribution is -2.45. The molecule has 2 aromatic carbocycles. The van der Waals surface area contributed by atoms with Gasteiger partial charge in [-0.1, -0.05) is 35.1 Å². The second-order valence-corrected chi connectivity index (χ2v) is 7.82. The molecule has 1 saturated heterocycles. The number of carbonyl (C=O) groups is 1. The largest absolute Gasteiger partial charge is 0.478 e. The van der Waals surface area contributed by atoms with Gasteiger partial charge in [0, 0.05) is 37.7 Å². The predicted octanol–water partition coefficient (Wildman–Crippen LogP) is 3.97. The number of rotatable bonds is 4. The first kappa shape index (κ1) is 17.3. The molecule has 0 spiro atoms. The number of fused-ring (bicyclic) bond motifs is 1. The highest BCUT2D eigenvalue weighted by Gasteiger charge is 2.20. The summed E-state index contributed by atoms with van der Waals surface area (Å²) in [6.45, 7) is 4.61. The van der Waals surface area contributed by atoms with E-state index >= 15 is 0 Å². The van der Waals surface area contributed by atoms with Crippen LogP contribution in [0.1, 0.15) is 15.9 Å². The number of hydrogen-bond donors (Lipinski definition) is 1. The van der Waals surface area contributed by atoms with Crippen LogP contribution in [0.15, 0.2) is 42.5 Å². The highest BCUT2D eigenvalue weighted by molar-refractivity contribution is 7.22. The van der Waals surface area contributed by atoms with Gasteiger partial charge in [0.25, 0.3) is 0 Å². The lowest BCUT2D eigenvalue weighted by atomic mass is 10.1. The molecule has 1 aliphatic rings. The Morgan fingerprint density at radius 3 is 2.54 bits per heavy atom. The van der Waals surface area contributed by atoms with Gasteiger partial charge in [0.15, 0.2) is 5.13 Å². The molecule has 5 nitrogen and oxygen atoms in total. The Morgan fingerprint density at radius 1 is 1.12 bits per heavy atom. The second-order valence-electron chi connectivity index (χ2n) is 6.37. The Bertz CT molecular complexity index is 934. The predicted molar refractivity (Wildman–Crippen MR) is 106 cm³/mol. The molecular formula is C19H18ClN3O2S. The Hall–Kier alpha value is -2.15. The van der Waals surface area contributed by atoms with Gasteiger partial charge in [-0.2, -0.15) is 0 Å². The summed E-state index contributed by atoms with van der Waals surface area (Å²) in [5.74, 6) is -0.887. The van der Waals surface area contributed by atoms with Gasteiger partial charge in [0.2, 0.25) is 0 Å². The molecule has 0 bridgehead atoms. The van der Waals surface area contributed by atoms with Gasteiger partial charge in [0.05, 0.1) is 15.8 Å². The molecule has 3 aromatic rings. The average Bonchev–Trinajstić information content (AvgIpc) is 3.06. The van der Waals surface area contributed by atoms with Gasteiger partial charge in [0.1, 0.15) is 0 Å². The van der Waals surface area contributed by atoms with Gasteiger partial charge < -0.3 is 10.0 Å². The molecule has 0 aliphatic carbocycles. The maximum atomic E-state index is 10.9. The molecule has 0 atom stereocenters. The normalized spacial score (nSPS) is 15.5. The van der Waals surface area contributed by atoms with Crippen LogP contribution in [0.5, 0.6) is 0 Å². The molecule has 0 amide bonds. The van der Waals surface area contributed by atoms with Crippen molar-refractivity contribution in [1.82, 2.24) is 9.88 Å². The standard InChI is InChI=1S/C19H18ClN3O2S/c20-15-5-6-16-17(11-15)26-19(21-16)23-9-7-22(8-10-23)12-13-1-3-14(4-2-13)18(24)25/h1-6,11H,7-10,12H2,(H,24,25). The molecular weight excluding hydrogens is 370 g/mol. The first-order valence-electron chi connectivity index (χ1n) is 8.44. The quantitative estimate of drug-likeness (QED) is 0.734. The third-order valence-corrected chi connectivity index (χ3v) is 5.90. The molecule has 4 rings (SSSR count). The Kier molecular flexibility index (Phi) is 4.80. The number of nitrogens with zero attached hydrogens (tertiary/aromatic N) is 3. The van der Waals surface area contributed by atoms with Crippen LogP contribution in [-0.4, -0.2) is 47.1 Å². The number of carboxylic acids is 1. The molecule has 1 aliphatic heterocycles. The highest BCUT2D eigenvalue weighted by atomic mass is 35.5. The van der Waals surface area contributed by atoms with Crippen LogP contribution in [0, 0.1) is 0 Å². The van der Waals surface area contributed by atoms with Crippen LogP contribution in [0.3, 0.4) is 0 Å². The second kappa shape index (κ2) is 7.23. The van der Waals surface area contributed by atoms with E-state index in [9.17, 15) is 4.79 Å². The van der Waals surface area contributed by atoms with E-state index in [0.29, 0.717) is 5.56 Å². The summed E-state index contributed by atoms with van der Waals surface area (Å²) in [5, 5.41) is 10.8. The number of aromatic carboxylic acids is 1. The van der Waals surface area contributed by atoms with Crippen LogP contribution < -0.4 is 4.90 Å². The van der Waals surface area contributed by atoms with Gasteiger partial charge in [-0.3, -0.25) is 4.90 Å². The topological polar surface area (TPSA) is 56.7 Å². The summed E-state index contributed by atoms with van der Waals surface area (Å²) in [5.41, 5.74) is 2.46. The Morgan fingerprint density at radius 2 is 1.85 bits per heavy atom. The van der Waals surface area contributed by atoms with Crippen molar-refractivity contribution >= 4 is 44.3 Å². The number of anilines is 1. The zero-order valence-corrected chi connectivity index (χ0v) is 15.6. The fourth-order valence-corrected chi connectivity index (χ4v) is 4.42. The molecule has 2 heterocycles. The fraction of sp³-hybridized carbons (Fsp3) is 0.263. The van der Waals surface area contributed by atoms with E-state index in [0.717, 1.165) is 58.7 Å². The molecule has 0 unspecified atom stereocenters. The van der Waals surface area contributed by atoms with E-state index in [1.54, 1.807) is 23.5 Å². The van der Waals surface area contributed by atoms with Crippen molar-refractivity contribution in [3.63, 3.8) is 0 Å². The maximum absolute atomic E-state index is 10.9. The molecule has 1 fully saturated rings. The fourth-order valence-electron chi connectivity index (χ4n) is 3.13. The first-order chi connectivity index (χ1) is 12.6. The minimum atomic E-state index is -0.887. The molecule has 1 aromatic heterocycles. The number of carboxylic acid groups (broad SMARTS) is 1. The summed E-state index contributed by atoms with van der Waals surface area (Å²) in [4.78, 5) is 20.4. The SMILES string of the molecule is O=C(O)c1ccc(CN2CCN(c3nc4ccc(Cl)cc4s3)CC2)cc1. The third kappa shape index (κ3) is 3.67. The number of aromatic nitrogens is 1. The summed E-state index contributed by atoms with van der Waals surface area (Å²) < 4.78 is 1.12. The van der Waals surface area contributed by atoms with Crippen LogP contribution in [0.2, 0.25) is 5.02 Å². The number of thiazole rings is 1. The number of piperazine rings is 1. The molecule has 1 N–H and O–H groups in total. The summed E-state index contributed by atoms with van der Waals surface area (Å²) >= 11 is 7.75. The zero-order valence-electron chi connectivity index (χ0n) is 14.1. The van der Waals surface area contributed by atoms with Crippen molar-refractivity contribution in [3.05, 3.63) is 58.6 Å². The van der Waals surface area contributed by atoms with Crippen molar-refractivity contribution in [2.24, 2.45) is 0 Å². The van der Waals surface area contributed by atoms with Crippen LogP contribution in [-0.2, 0) is 6.54 Å². The zero-order chi connectivity index (χ0) is 18.1. The van der Waals surface area contributed by atoms with Crippen molar-refractivity contribution in [1.29, 1.82) is 0 Å². The Labute approximate surface area is 160 Å². The molecule has 0 radical (unpaired) electrons. The van der Waals surface area contributed by atoms with Crippen LogP contribution >= 0.6 is 22.9 Å². The molecule has 26 heavy (non-hydrogen) atoms. The first-order valence-corrected chi connectivity index (χ1v) is 9.63. The highest BCUT2D eigenvalue weighted by Crippen LogP contribution is 2.31. The minimum absolute atomic E-state index is 0.328. The number of hydrogen-bond acceptors (Lipinski definition) is 5. The maximum Gasteiger partial charge on any atom is 0.335 e. The summed E-state index contributed by atoms with van der Waals surface area (Å²) in [6.07, 6.45) is 0. The van der Waals surface area contributed by atoms with E-state index < -0.39 is 5.97 Å². The molecule has 7 heteroatoms. The van der Waals surface area contributed by atoms with Gasteiger partial charge in [-0.25, -0.2) is 9.78 Å². The van der Waals surface area contributed by atoms with E-state index in [2.05, 4.69) is 9.80 Å². The third-order valence-electron chi connectivity index (χ3n) is 4.59. The van der Waals surface area contributed by atoms with Crippen molar-refractivity contribution in [2.45, 2.75) is 6.54 Å². The number of halogens is 1. The van der Waals surface area contributed by atoms with E-state index in [1.807, 2.05) is 30.3 Å². The van der Waals surface area contributed by atoms with E-state index in [1.165, 1.54) is 0 Å². The number of benzene rings is 2. The minimum Gasteiger partial charge on any atom is -0.478 e. The van der Waals surface area contributed by atoms with Gasteiger partial charge in [-0.05, 0) is 35.9 Å². The van der Waals surface area contributed by atoms with E-state index in [-0.39, 0.29) is 0 Å². The van der Waals surface area contributed by atoms with Crippen LogP contribution in [0.4, 0.5) is 5.13 Å². The summed E-state index contributed by atoms with van der Waals surface area (Å²) in [7, 11) is 0. The van der Waals surface area contributed by atoms with Gasteiger partial charge >= 0.3 is 5.97 Å². The Balaban J connectivity index is 1.38. The van der Waals surface area contributed by atoms with E-state index in [4.69, 9.17) is 21.7 Å². The smallest absolute Gasteiger partial charge is 0.335 e. The lowest BCUT2D eigenvalue weighted by Gasteiger charge is -2.34. The lowest BCUT2D eigenvalue weighted by molar-refractivity contribution is 0.0697. The van der Waals surface area contributed by atoms with Crippen molar-refractivity contribution in [3.8, 4) is 0 Å². The monoisotopic (exact) mass is 387 g/mol. The van der Waals surface area contributed by atoms with Crippen LogP contribution in [0.25, 0.3) is 10.2 Å². The van der Waals surface area contributed by atoms with Crippen molar-refractivity contribution in [2.75, 3.05) is 31.1 Å². The average molecular weight is 388 g/mol. The van der Waals surface area contributed by atoms with Gasteiger partial charge in [-0.15, -0.1) is 0 Å². The molecule has 134 valence electrons. The summed E-state index contributed by atoms with van der Waals surface area (Å²) in [6, 6.07) is 12.9.